The Hall–Kier alpha value is -3.87. The summed E-state index contributed by atoms with van der Waals surface area (Å²) in [5, 5.41) is 5.47. The van der Waals surface area contributed by atoms with E-state index in [1.54, 1.807) is 6.92 Å². The number of rotatable bonds is 5. The molecule has 192 valence electrons. The van der Waals surface area contributed by atoms with E-state index in [2.05, 4.69) is 41.1 Å². The fourth-order valence-electron chi connectivity index (χ4n) is 6.08. The van der Waals surface area contributed by atoms with Crippen LogP contribution in [0.1, 0.15) is 45.6 Å². The molecule has 1 aromatic heterocycles. The van der Waals surface area contributed by atoms with Gasteiger partial charge in [0.25, 0.3) is 0 Å². The van der Waals surface area contributed by atoms with Crippen molar-refractivity contribution in [3.05, 3.63) is 70.6 Å². The smallest absolute Gasteiger partial charge is 0.336 e. The number of ketones is 1. The Morgan fingerprint density at radius 1 is 1.08 bits per heavy atom. The van der Waals surface area contributed by atoms with Crippen LogP contribution in [0.4, 0.5) is 0 Å². The number of nitrogens with one attached hydrogen (secondary N) is 1. The van der Waals surface area contributed by atoms with Crippen molar-refractivity contribution in [3.8, 4) is 0 Å². The predicted molar refractivity (Wildman–Crippen MR) is 142 cm³/mol. The molecule has 5 rings (SSSR count). The molecule has 37 heavy (non-hydrogen) atoms. The Labute approximate surface area is 216 Å². The van der Waals surface area contributed by atoms with E-state index in [1.165, 1.54) is 7.11 Å². The number of ether oxygens (including phenoxy) is 2. The van der Waals surface area contributed by atoms with Crippen molar-refractivity contribution in [2.45, 2.75) is 46.6 Å². The summed E-state index contributed by atoms with van der Waals surface area (Å²) < 4.78 is 12.7. The van der Waals surface area contributed by atoms with Crippen molar-refractivity contribution in [2.24, 2.45) is 11.8 Å². The number of carbonyl (C=O) groups excluding carboxylic acids is 3. The fourth-order valence-corrected chi connectivity index (χ4v) is 6.08. The maximum atomic E-state index is 13.9. The number of dihydropyridines is 1. The highest BCUT2D eigenvalue weighted by atomic mass is 16.5. The first-order valence-electron chi connectivity index (χ1n) is 12.8. The lowest BCUT2D eigenvalue weighted by molar-refractivity contribution is -0.151. The predicted octanol–water partition coefficient (Wildman–Crippen LogP) is 4.99. The summed E-state index contributed by atoms with van der Waals surface area (Å²) in [4.78, 5) is 39.9. The van der Waals surface area contributed by atoms with Crippen LogP contribution in [0.15, 0.2) is 65.0 Å². The third kappa shape index (κ3) is 3.84. The number of nitrogens with zero attached hydrogens (tertiary/aromatic N) is 1. The number of aromatic nitrogens is 1. The van der Waals surface area contributed by atoms with Gasteiger partial charge >= 0.3 is 11.9 Å². The molecule has 0 spiro atoms. The minimum absolute atomic E-state index is 0.215. The molecule has 2 aromatic carbocycles. The number of hydrogen-bond donors (Lipinski definition) is 1. The fraction of sp³-hybridized carbons (Fsp3) is 0.367. The molecule has 2 aliphatic rings. The second-order valence-electron chi connectivity index (χ2n) is 9.79. The molecule has 2 heterocycles. The number of esters is 2. The molecule has 0 unspecified atom stereocenters. The largest absolute Gasteiger partial charge is 0.468 e. The van der Waals surface area contributed by atoms with Crippen LogP contribution >= 0.6 is 0 Å². The van der Waals surface area contributed by atoms with Crippen LogP contribution in [0.25, 0.3) is 21.8 Å². The van der Waals surface area contributed by atoms with Gasteiger partial charge in [0.1, 0.15) is 5.92 Å². The van der Waals surface area contributed by atoms with Crippen molar-refractivity contribution in [1.29, 1.82) is 0 Å². The van der Waals surface area contributed by atoms with Gasteiger partial charge in [-0.3, -0.25) is 9.59 Å². The third-order valence-electron chi connectivity index (χ3n) is 7.68. The van der Waals surface area contributed by atoms with Crippen molar-refractivity contribution in [3.63, 3.8) is 0 Å². The van der Waals surface area contributed by atoms with Crippen LogP contribution in [0, 0.1) is 11.8 Å². The maximum absolute atomic E-state index is 13.9. The average molecular weight is 501 g/mol. The van der Waals surface area contributed by atoms with Crippen LogP contribution < -0.4 is 5.32 Å². The minimum Gasteiger partial charge on any atom is -0.468 e. The lowest BCUT2D eigenvalue weighted by Crippen LogP contribution is -2.43. The molecule has 0 fully saturated rings. The van der Waals surface area contributed by atoms with E-state index in [0.717, 1.165) is 39.6 Å². The third-order valence-corrected chi connectivity index (χ3v) is 7.68. The number of Topliss-reactive ketones (excluding diaryl/α,β-unsaturated/α-hetero) is 1. The topological polar surface area (TPSA) is 86.6 Å². The van der Waals surface area contributed by atoms with Gasteiger partial charge in [0, 0.05) is 51.2 Å². The lowest BCUT2D eigenvalue weighted by atomic mass is 9.69. The number of methoxy groups -OCH3 is 1. The summed E-state index contributed by atoms with van der Waals surface area (Å²) in [5.74, 6) is -3.12. The molecular weight excluding hydrogens is 468 g/mol. The van der Waals surface area contributed by atoms with Crippen molar-refractivity contribution >= 4 is 39.5 Å². The number of carbonyl (C=O) groups is 3. The van der Waals surface area contributed by atoms with E-state index < -0.39 is 23.8 Å². The highest BCUT2D eigenvalue weighted by Gasteiger charge is 2.47. The van der Waals surface area contributed by atoms with Crippen LogP contribution in [-0.4, -0.2) is 36.0 Å². The van der Waals surface area contributed by atoms with Gasteiger partial charge in [-0.15, -0.1) is 0 Å². The molecule has 0 radical (unpaired) electrons. The van der Waals surface area contributed by atoms with Gasteiger partial charge in [0.15, 0.2) is 5.78 Å². The summed E-state index contributed by atoms with van der Waals surface area (Å²) >= 11 is 0. The number of fused-ring (bicyclic) bond motifs is 3. The monoisotopic (exact) mass is 500 g/mol. The Balaban J connectivity index is 1.76. The molecule has 3 atom stereocenters. The molecule has 0 saturated heterocycles. The van der Waals surface area contributed by atoms with Crippen LogP contribution in [0.2, 0.25) is 0 Å². The molecule has 1 aliphatic carbocycles. The van der Waals surface area contributed by atoms with Gasteiger partial charge in [0.2, 0.25) is 0 Å². The number of para-hydroxylation sites is 1. The molecule has 7 nitrogen and oxygen atoms in total. The zero-order valence-electron chi connectivity index (χ0n) is 21.9. The quantitative estimate of drug-likeness (QED) is 0.392. The van der Waals surface area contributed by atoms with Gasteiger partial charge in [-0.2, -0.15) is 0 Å². The van der Waals surface area contributed by atoms with E-state index in [1.807, 2.05) is 32.0 Å². The van der Waals surface area contributed by atoms with Crippen molar-refractivity contribution < 1.29 is 23.9 Å². The Morgan fingerprint density at radius 3 is 2.51 bits per heavy atom. The highest BCUT2D eigenvalue weighted by molar-refractivity contribution is 6.13. The van der Waals surface area contributed by atoms with E-state index in [-0.39, 0.29) is 18.3 Å². The zero-order valence-corrected chi connectivity index (χ0v) is 21.9. The van der Waals surface area contributed by atoms with Crippen LogP contribution in [0.5, 0.6) is 0 Å². The Morgan fingerprint density at radius 2 is 1.81 bits per heavy atom. The van der Waals surface area contributed by atoms with Gasteiger partial charge in [-0.1, -0.05) is 31.2 Å². The van der Waals surface area contributed by atoms with Crippen molar-refractivity contribution in [2.75, 3.05) is 13.7 Å². The summed E-state index contributed by atoms with van der Waals surface area (Å²) in [5.41, 5.74) is 5.29. The number of benzene rings is 2. The van der Waals surface area contributed by atoms with E-state index >= 15 is 0 Å². The second kappa shape index (κ2) is 9.54. The van der Waals surface area contributed by atoms with Crippen molar-refractivity contribution in [1.82, 2.24) is 9.88 Å². The van der Waals surface area contributed by atoms with Crippen LogP contribution in [-0.2, 0) is 30.4 Å². The molecule has 0 saturated carbocycles. The Bertz CT molecular complexity index is 1510. The van der Waals surface area contributed by atoms with Gasteiger partial charge in [-0.25, -0.2) is 4.79 Å². The molecular formula is C30H32N2O5. The first-order chi connectivity index (χ1) is 17.8. The summed E-state index contributed by atoms with van der Waals surface area (Å²) in [6, 6.07) is 14.4. The molecule has 1 N–H and O–H groups in total. The molecule has 0 amide bonds. The minimum atomic E-state index is -0.916. The standard InChI is InChI=1S/C30H32N2O5/c1-6-32-22-11-9-8-10-19(22)20-15-18(12-13-23(20)32)26-25(30(35)37-7-2)17(4)31-21-14-16(3)24(29(34)36-5)28(33)27(21)26/h8-13,15-16,24,26,31H,6-7,14H2,1-5H3/t16-,24-,26-/m0/s1. The first-order valence-corrected chi connectivity index (χ1v) is 12.8. The highest BCUT2D eigenvalue weighted by Crippen LogP contribution is 2.46. The van der Waals surface area contributed by atoms with Gasteiger partial charge in [-0.05, 0) is 56.9 Å². The average Bonchev–Trinajstić information content (AvgIpc) is 3.20. The van der Waals surface area contributed by atoms with Crippen LogP contribution in [0.3, 0.4) is 0 Å². The zero-order chi connectivity index (χ0) is 26.4. The molecule has 1 aliphatic heterocycles. The second-order valence-corrected chi connectivity index (χ2v) is 9.79. The van der Waals surface area contributed by atoms with Gasteiger partial charge in [0.05, 0.1) is 19.3 Å². The van der Waals surface area contributed by atoms with E-state index in [0.29, 0.717) is 23.3 Å². The number of allylic oxidation sites excluding steroid dienone is 3. The molecule has 7 heteroatoms. The SMILES string of the molecule is CCOC(=O)C1=C(C)NC2=C(C(=O)[C@@H](C(=O)OC)[C@@H](C)C2)[C@H]1c1ccc2c(c1)c1ccccc1n2CC. The van der Waals surface area contributed by atoms with Gasteiger partial charge < -0.3 is 19.4 Å². The number of hydrogen-bond acceptors (Lipinski definition) is 6. The lowest BCUT2D eigenvalue weighted by Gasteiger charge is -2.38. The normalized spacial score (nSPS) is 21.8. The summed E-state index contributed by atoms with van der Waals surface area (Å²) in [6.45, 7) is 8.63. The number of aryl methyl sites for hydroxylation is 1. The summed E-state index contributed by atoms with van der Waals surface area (Å²) in [7, 11) is 1.30. The Kier molecular flexibility index (Phi) is 6.40. The van der Waals surface area contributed by atoms with E-state index in [4.69, 9.17) is 9.47 Å². The maximum Gasteiger partial charge on any atom is 0.336 e. The molecule has 3 aromatic rings. The molecule has 0 bridgehead atoms. The summed E-state index contributed by atoms with van der Waals surface area (Å²) in [6.07, 6.45) is 0.502. The first kappa shape index (κ1) is 24.8. The van der Waals surface area contributed by atoms with E-state index in [9.17, 15) is 14.4 Å².